The van der Waals surface area contributed by atoms with E-state index in [1.54, 1.807) is 4.90 Å². The van der Waals surface area contributed by atoms with Crippen molar-refractivity contribution in [3.63, 3.8) is 0 Å². The first-order chi connectivity index (χ1) is 8.66. The highest BCUT2D eigenvalue weighted by atomic mass is 16.4. The summed E-state index contributed by atoms with van der Waals surface area (Å²) in [7, 11) is 0. The van der Waals surface area contributed by atoms with Crippen LogP contribution in [0.1, 0.15) is 0 Å². The van der Waals surface area contributed by atoms with Gasteiger partial charge < -0.3 is 20.2 Å². The van der Waals surface area contributed by atoms with E-state index in [0.29, 0.717) is 26.2 Å². The molecule has 18 heavy (non-hydrogen) atoms. The SMILES string of the molecule is O=C(O)N1CCN(C(=O)Nc2ccccc2)CC1. The molecule has 0 aromatic heterocycles. The van der Waals surface area contributed by atoms with Crippen LogP contribution in [0.4, 0.5) is 15.3 Å². The number of piperazine rings is 1. The number of benzene rings is 1. The summed E-state index contributed by atoms with van der Waals surface area (Å²) in [6.45, 7) is 1.56. The summed E-state index contributed by atoms with van der Waals surface area (Å²) in [5.41, 5.74) is 0.739. The second-order valence-corrected chi connectivity index (χ2v) is 4.05. The summed E-state index contributed by atoms with van der Waals surface area (Å²) in [6, 6.07) is 9.00. The molecule has 1 aliphatic heterocycles. The number of amides is 3. The number of para-hydroxylation sites is 1. The van der Waals surface area contributed by atoms with Crippen LogP contribution in [-0.2, 0) is 0 Å². The Morgan fingerprint density at radius 2 is 1.56 bits per heavy atom. The van der Waals surface area contributed by atoms with Crippen molar-refractivity contribution in [1.82, 2.24) is 9.80 Å². The lowest BCUT2D eigenvalue weighted by Crippen LogP contribution is -2.51. The third kappa shape index (κ3) is 2.91. The average Bonchev–Trinajstić information content (AvgIpc) is 2.40. The maximum absolute atomic E-state index is 11.9. The van der Waals surface area contributed by atoms with Crippen LogP contribution in [0.15, 0.2) is 30.3 Å². The van der Waals surface area contributed by atoms with Gasteiger partial charge in [0.2, 0.25) is 0 Å². The van der Waals surface area contributed by atoms with E-state index in [1.807, 2.05) is 30.3 Å². The molecule has 2 N–H and O–H groups in total. The molecule has 1 aromatic carbocycles. The van der Waals surface area contributed by atoms with E-state index in [9.17, 15) is 9.59 Å². The molecule has 6 heteroatoms. The number of nitrogens with zero attached hydrogens (tertiary/aromatic N) is 2. The van der Waals surface area contributed by atoms with Gasteiger partial charge in [0, 0.05) is 31.9 Å². The van der Waals surface area contributed by atoms with Gasteiger partial charge in [-0.05, 0) is 12.1 Å². The Morgan fingerprint density at radius 3 is 2.11 bits per heavy atom. The van der Waals surface area contributed by atoms with E-state index in [4.69, 9.17) is 5.11 Å². The number of anilines is 1. The molecular formula is C12H15N3O3. The van der Waals surface area contributed by atoms with Gasteiger partial charge in [-0.25, -0.2) is 9.59 Å². The van der Waals surface area contributed by atoms with Crippen LogP contribution in [-0.4, -0.2) is 53.2 Å². The third-order valence-corrected chi connectivity index (χ3v) is 2.86. The molecule has 0 radical (unpaired) electrons. The molecule has 0 saturated carbocycles. The van der Waals surface area contributed by atoms with Gasteiger partial charge in [0.1, 0.15) is 0 Å². The van der Waals surface area contributed by atoms with E-state index in [-0.39, 0.29) is 6.03 Å². The van der Waals surface area contributed by atoms with Crippen LogP contribution in [0.3, 0.4) is 0 Å². The molecule has 0 spiro atoms. The lowest BCUT2D eigenvalue weighted by atomic mass is 10.3. The monoisotopic (exact) mass is 249 g/mol. The Labute approximate surface area is 105 Å². The van der Waals surface area contributed by atoms with Crippen molar-refractivity contribution >= 4 is 17.8 Å². The summed E-state index contributed by atoms with van der Waals surface area (Å²) < 4.78 is 0. The largest absolute Gasteiger partial charge is 0.465 e. The van der Waals surface area contributed by atoms with Crippen LogP contribution >= 0.6 is 0 Å². The topological polar surface area (TPSA) is 72.9 Å². The summed E-state index contributed by atoms with van der Waals surface area (Å²) in [6.07, 6.45) is -0.932. The molecule has 1 aromatic rings. The number of rotatable bonds is 1. The highest BCUT2D eigenvalue weighted by Gasteiger charge is 2.23. The predicted molar refractivity (Wildman–Crippen MR) is 66.6 cm³/mol. The van der Waals surface area contributed by atoms with Crippen molar-refractivity contribution in [2.24, 2.45) is 0 Å². The minimum Gasteiger partial charge on any atom is -0.465 e. The van der Waals surface area contributed by atoms with Crippen molar-refractivity contribution in [1.29, 1.82) is 0 Å². The zero-order chi connectivity index (χ0) is 13.0. The first-order valence-corrected chi connectivity index (χ1v) is 5.75. The number of hydrogen-bond donors (Lipinski definition) is 2. The first kappa shape index (κ1) is 12.2. The van der Waals surface area contributed by atoms with Crippen molar-refractivity contribution in [3.8, 4) is 0 Å². The smallest absolute Gasteiger partial charge is 0.407 e. The summed E-state index contributed by atoms with van der Waals surface area (Å²) in [5.74, 6) is 0. The second kappa shape index (κ2) is 5.39. The van der Waals surface area contributed by atoms with Gasteiger partial charge in [-0.1, -0.05) is 18.2 Å². The molecular weight excluding hydrogens is 234 g/mol. The lowest BCUT2D eigenvalue weighted by Gasteiger charge is -2.33. The van der Waals surface area contributed by atoms with Crippen LogP contribution < -0.4 is 5.32 Å². The number of nitrogens with one attached hydrogen (secondary N) is 1. The van der Waals surface area contributed by atoms with E-state index in [0.717, 1.165) is 5.69 Å². The minimum absolute atomic E-state index is 0.189. The second-order valence-electron chi connectivity index (χ2n) is 4.05. The Balaban J connectivity index is 1.86. The zero-order valence-corrected chi connectivity index (χ0v) is 9.87. The molecule has 3 amide bonds. The zero-order valence-electron chi connectivity index (χ0n) is 9.87. The Kier molecular flexibility index (Phi) is 3.66. The molecule has 0 unspecified atom stereocenters. The summed E-state index contributed by atoms with van der Waals surface area (Å²) in [5, 5.41) is 11.6. The van der Waals surface area contributed by atoms with Gasteiger partial charge in [-0.15, -0.1) is 0 Å². The van der Waals surface area contributed by atoms with Crippen LogP contribution in [0.2, 0.25) is 0 Å². The molecule has 1 aliphatic rings. The molecule has 1 saturated heterocycles. The highest BCUT2D eigenvalue weighted by Crippen LogP contribution is 2.08. The van der Waals surface area contributed by atoms with Gasteiger partial charge in [-0.3, -0.25) is 0 Å². The quantitative estimate of drug-likeness (QED) is 0.792. The van der Waals surface area contributed by atoms with Crippen molar-refractivity contribution < 1.29 is 14.7 Å². The van der Waals surface area contributed by atoms with Crippen molar-refractivity contribution in [3.05, 3.63) is 30.3 Å². The molecule has 0 aliphatic carbocycles. The predicted octanol–water partition coefficient (Wildman–Crippen LogP) is 1.51. The molecule has 0 bridgehead atoms. The Bertz CT molecular complexity index is 427. The number of carbonyl (C=O) groups is 2. The van der Waals surface area contributed by atoms with Crippen molar-refractivity contribution in [2.75, 3.05) is 31.5 Å². The molecule has 0 atom stereocenters. The van der Waals surface area contributed by atoms with Crippen LogP contribution in [0, 0.1) is 0 Å². The third-order valence-electron chi connectivity index (χ3n) is 2.86. The van der Waals surface area contributed by atoms with Gasteiger partial charge in [0.05, 0.1) is 0 Å². The molecule has 2 rings (SSSR count). The maximum atomic E-state index is 11.9. The lowest BCUT2D eigenvalue weighted by molar-refractivity contribution is 0.115. The Morgan fingerprint density at radius 1 is 1.00 bits per heavy atom. The van der Waals surface area contributed by atoms with Gasteiger partial charge in [-0.2, -0.15) is 0 Å². The highest BCUT2D eigenvalue weighted by molar-refractivity contribution is 5.89. The normalized spacial score (nSPS) is 15.3. The molecule has 6 nitrogen and oxygen atoms in total. The summed E-state index contributed by atoms with van der Waals surface area (Å²) in [4.78, 5) is 25.6. The fourth-order valence-corrected chi connectivity index (χ4v) is 1.82. The van der Waals surface area contributed by atoms with Crippen LogP contribution in [0.5, 0.6) is 0 Å². The van der Waals surface area contributed by atoms with Gasteiger partial charge in [0.25, 0.3) is 0 Å². The minimum atomic E-state index is -0.932. The summed E-state index contributed by atoms with van der Waals surface area (Å²) >= 11 is 0. The first-order valence-electron chi connectivity index (χ1n) is 5.75. The van der Waals surface area contributed by atoms with Crippen LogP contribution in [0.25, 0.3) is 0 Å². The average molecular weight is 249 g/mol. The van der Waals surface area contributed by atoms with Gasteiger partial charge in [0.15, 0.2) is 0 Å². The number of hydrogen-bond acceptors (Lipinski definition) is 2. The molecule has 1 fully saturated rings. The molecule has 1 heterocycles. The van der Waals surface area contributed by atoms with E-state index in [2.05, 4.69) is 5.32 Å². The fourth-order valence-electron chi connectivity index (χ4n) is 1.82. The fraction of sp³-hybridized carbons (Fsp3) is 0.333. The Hall–Kier alpha value is -2.24. The van der Waals surface area contributed by atoms with Crippen molar-refractivity contribution in [2.45, 2.75) is 0 Å². The maximum Gasteiger partial charge on any atom is 0.407 e. The number of carbonyl (C=O) groups excluding carboxylic acids is 1. The van der Waals surface area contributed by atoms with E-state index in [1.165, 1.54) is 4.90 Å². The van der Waals surface area contributed by atoms with Gasteiger partial charge >= 0.3 is 12.1 Å². The van der Waals surface area contributed by atoms with E-state index < -0.39 is 6.09 Å². The number of carboxylic acid groups (broad SMARTS) is 1. The molecule has 96 valence electrons. The standard InChI is InChI=1S/C12H15N3O3/c16-11(13-10-4-2-1-3-5-10)14-6-8-15(9-7-14)12(17)18/h1-5H,6-9H2,(H,13,16)(H,17,18). The van der Waals surface area contributed by atoms with E-state index >= 15 is 0 Å². The number of urea groups is 1.